The fraction of sp³-hybridized carbons (Fsp3) is 0.667. The maximum atomic E-state index is 12.0. The summed E-state index contributed by atoms with van der Waals surface area (Å²) >= 11 is 0. The number of nitrogens with zero attached hydrogens (tertiary/aromatic N) is 3. The van der Waals surface area contributed by atoms with Crippen molar-refractivity contribution in [1.29, 1.82) is 0 Å². The Kier molecular flexibility index (Phi) is 7.33. The third-order valence-corrected chi connectivity index (χ3v) is 4.56. The lowest BCUT2D eigenvalue weighted by molar-refractivity contribution is 0.158. The van der Waals surface area contributed by atoms with Gasteiger partial charge in [-0.1, -0.05) is 12.5 Å². The summed E-state index contributed by atoms with van der Waals surface area (Å²) in [4.78, 5) is 20.5. The summed E-state index contributed by atoms with van der Waals surface area (Å²) in [6, 6.07) is 6.45. The Morgan fingerprint density at radius 2 is 2.26 bits per heavy atom. The molecule has 23 heavy (non-hydrogen) atoms. The summed E-state index contributed by atoms with van der Waals surface area (Å²) in [6.07, 6.45) is 7.97. The molecule has 5 nitrogen and oxygen atoms in total. The van der Waals surface area contributed by atoms with E-state index in [0.29, 0.717) is 6.54 Å². The Labute approximate surface area is 140 Å². The molecule has 0 saturated carbocycles. The van der Waals surface area contributed by atoms with E-state index >= 15 is 0 Å². The number of nitrogens with one attached hydrogen (secondary N) is 1. The highest BCUT2D eigenvalue weighted by atomic mass is 16.2. The summed E-state index contributed by atoms with van der Waals surface area (Å²) in [5.41, 5.74) is 0.907. The predicted molar refractivity (Wildman–Crippen MR) is 93.2 cm³/mol. The molecule has 0 radical (unpaired) electrons. The summed E-state index contributed by atoms with van der Waals surface area (Å²) in [6.45, 7) is 6.00. The van der Waals surface area contributed by atoms with Crippen LogP contribution in [0.5, 0.6) is 0 Å². The van der Waals surface area contributed by atoms with Crippen molar-refractivity contribution in [2.75, 3.05) is 26.7 Å². The third kappa shape index (κ3) is 6.18. The van der Waals surface area contributed by atoms with E-state index in [1.54, 1.807) is 18.1 Å². The molecule has 1 atom stereocenters. The van der Waals surface area contributed by atoms with Gasteiger partial charge >= 0.3 is 6.03 Å². The van der Waals surface area contributed by atoms with Gasteiger partial charge in [-0.2, -0.15) is 0 Å². The van der Waals surface area contributed by atoms with Gasteiger partial charge in [-0.15, -0.1) is 0 Å². The van der Waals surface area contributed by atoms with Gasteiger partial charge in [-0.3, -0.25) is 4.98 Å². The van der Waals surface area contributed by atoms with Gasteiger partial charge in [0.2, 0.25) is 0 Å². The van der Waals surface area contributed by atoms with Crippen LogP contribution in [0.2, 0.25) is 0 Å². The molecule has 2 rings (SSSR count). The molecule has 0 aromatic carbocycles. The second-order valence-electron chi connectivity index (χ2n) is 6.50. The first-order valence-electron chi connectivity index (χ1n) is 8.80. The maximum Gasteiger partial charge on any atom is 0.317 e. The van der Waals surface area contributed by atoms with Crippen LogP contribution in [0.4, 0.5) is 4.79 Å². The minimum absolute atomic E-state index is 0.0259. The SMILES string of the molecule is CC1CCCCN1CCCCNC(=O)N(C)Cc1ccccn1. The van der Waals surface area contributed by atoms with Crippen LogP contribution in [0.3, 0.4) is 0 Å². The maximum absolute atomic E-state index is 12.0. The minimum atomic E-state index is -0.0259. The van der Waals surface area contributed by atoms with E-state index in [1.807, 2.05) is 18.2 Å². The van der Waals surface area contributed by atoms with Gasteiger partial charge < -0.3 is 15.1 Å². The van der Waals surface area contributed by atoms with Crippen LogP contribution in [0.15, 0.2) is 24.4 Å². The zero-order chi connectivity index (χ0) is 16.5. The van der Waals surface area contributed by atoms with Crippen molar-refractivity contribution in [1.82, 2.24) is 20.1 Å². The largest absolute Gasteiger partial charge is 0.338 e. The lowest BCUT2D eigenvalue weighted by Crippen LogP contribution is -2.39. The van der Waals surface area contributed by atoms with E-state index in [1.165, 1.54) is 25.8 Å². The van der Waals surface area contributed by atoms with Crippen LogP contribution in [-0.2, 0) is 6.54 Å². The Balaban J connectivity index is 1.57. The third-order valence-electron chi connectivity index (χ3n) is 4.56. The monoisotopic (exact) mass is 318 g/mol. The van der Waals surface area contributed by atoms with Crippen LogP contribution in [0.1, 0.15) is 44.7 Å². The van der Waals surface area contributed by atoms with Crippen molar-refractivity contribution in [2.45, 2.75) is 51.6 Å². The van der Waals surface area contributed by atoms with Gasteiger partial charge in [0.05, 0.1) is 12.2 Å². The number of aromatic nitrogens is 1. The normalized spacial score (nSPS) is 18.6. The first-order chi connectivity index (χ1) is 11.2. The van der Waals surface area contributed by atoms with Crippen LogP contribution < -0.4 is 5.32 Å². The molecule has 1 aromatic rings. The number of carbonyl (C=O) groups is 1. The number of hydrogen-bond donors (Lipinski definition) is 1. The predicted octanol–water partition coefficient (Wildman–Crippen LogP) is 2.88. The summed E-state index contributed by atoms with van der Waals surface area (Å²) in [5, 5.41) is 2.99. The molecule has 1 aromatic heterocycles. The highest BCUT2D eigenvalue weighted by molar-refractivity contribution is 5.73. The molecule has 0 aliphatic carbocycles. The van der Waals surface area contributed by atoms with E-state index < -0.39 is 0 Å². The Hall–Kier alpha value is -1.62. The van der Waals surface area contributed by atoms with Gasteiger partial charge in [-0.05, 0) is 57.8 Å². The van der Waals surface area contributed by atoms with E-state index in [4.69, 9.17) is 0 Å². The van der Waals surface area contributed by atoms with Crippen LogP contribution in [0.25, 0.3) is 0 Å². The first kappa shape index (κ1) is 17.7. The molecule has 5 heteroatoms. The number of piperidine rings is 1. The van der Waals surface area contributed by atoms with Gasteiger partial charge in [0.1, 0.15) is 0 Å². The highest BCUT2D eigenvalue weighted by Crippen LogP contribution is 2.16. The van der Waals surface area contributed by atoms with E-state index in [2.05, 4.69) is 22.1 Å². The molecule has 0 spiro atoms. The van der Waals surface area contributed by atoms with E-state index in [0.717, 1.165) is 37.7 Å². The van der Waals surface area contributed by atoms with Crippen molar-refractivity contribution in [3.8, 4) is 0 Å². The molecule has 128 valence electrons. The van der Waals surface area contributed by atoms with Crippen LogP contribution >= 0.6 is 0 Å². The van der Waals surface area contributed by atoms with Gasteiger partial charge in [0, 0.05) is 25.8 Å². The van der Waals surface area contributed by atoms with Crippen molar-refractivity contribution in [3.63, 3.8) is 0 Å². The molecule has 1 aliphatic heterocycles. The molecule has 2 amide bonds. The van der Waals surface area contributed by atoms with Crippen LogP contribution in [-0.4, -0.2) is 53.5 Å². The average Bonchev–Trinajstić information content (AvgIpc) is 2.57. The first-order valence-corrected chi connectivity index (χ1v) is 8.80. The number of rotatable bonds is 7. The highest BCUT2D eigenvalue weighted by Gasteiger charge is 2.17. The van der Waals surface area contributed by atoms with Crippen molar-refractivity contribution < 1.29 is 4.79 Å². The van der Waals surface area contributed by atoms with Gasteiger partial charge in [0.15, 0.2) is 0 Å². The molecule has 2 heterocycles. The molecule has 0 bridgehead atoms. The molecule has 1 aliphatic rings. The molecule has 1 fully saturated rings. The number of likely N-dealkylation sites (tertiary alicyclic amines) is 1. The number of urea groups is 1. The molecule has 1 unspecified atom stereocenters. The fourth-order valence-corrected chi connectivity index (χ4v) is 3.07. The second-order valence-corrected chi connectivity index (χ2v) is 6.50. The van der Waals surface area contributed by atoms with Crippen molar-refractivity contribution in [3.05, 3.63) is 30.1 Å². The van der Waals surface area contributed by atoms with Crippen LogP contribution in [0, 0.1) is 0 Å². The van der Waals surface area contributed by atoms with Crippen molar-refractivity contribution in [2.24, 2.45) is 0 Å². The summed E-state index contributed by atoms with van der Waals surface area (Å²) in [7, 11) is 1.80. The summed E-state index contributed by atoms with van der Waals surface area (Å²) in [5.74, 6) is 0. The topological polar surface area (TPSA) is 48.5 Å². The average molecular weight is 318 g/mol. The Morgan fingerprint density at radius 1 is 1.39 bits per heavy atom. The smallest absolute Gasteiger partial charge is 0.317 e. The number of carbonyl (C=O) groups excluding carboxylic acids is 1. The summed E-state index contributed by atoms with van der Waals surface area (Å²) < 4.78 is 0. The van der Waals surface area contributed by atoms with E-state index in [9.17, 15) is 4.79 Å². The minimum Gasteiger partial charge on any atom is -0.338 e. The van der Waals surface area contributed by atoms with Gasteiger partial charge in [-0.25, -0.2) is 4.79 Å². The quantitative estimate of drug-likeness (QED) is 0.787. The number of pyridine rings is 1. The lowest BCUT2D eigenvalue weighted by Gasteiger charge is -2.33. The molecule has 1 N–H and O–H groups in total. The van der Waals surface area contributed by atoms with Gasteiger partial charge in [0.25, 0.3) is 0 Å². The Morgan fingerprint density at radius 3 is 3.00 bits per heavy atom. The number of hydrogen-bond acceptors (Lipinski definition) is 3. The zero-order valence-electron chi connectivity index (χ0n) is 14.5. The van der Waals surface area contributed by atoms with E-state index in [-0.39, 0.29) is 6.03 Å². The molecular formula is C18H30N4O. The fourth-order valence-electron chi connectivity index (χ4n) is 3.07. The lowest BCUT2D eigenvalue weighted by atomic mass is 10.0. The standard InChI is InChI=1S/C18H30N4O/c1-16-9-4-7-13-22(16)14-8-6-12-20-18(23)21(2)15-17-10-3-5-11-19-17/h3,5,10-11,16H,4,6-9,12-15H2,1-2H3,(H,20,23). The van der Waals surface area contributed by atoms with Crippen molar-refractivity contribution >= 4 is 6.03 Å². The zero-order valence-corrected chi connectivity index (χ0v) is 14.5. The number of amides is 2. The Bertz CT molecular complexity index is 465. The molecule has 1 saturated heterocycles. The second kappa shape index (κ2) is 9.50. The number of unbranched alkanes of at least 4 members (excludes halogenated alkanes) is 1. The molecular weight excluding hydrogens is 288 g/mol.